The summed E-state index contributed by atoms with van der Waals surface area (Å²) in [5, 5.41) is 15.1. The number of hydrazone groups is 1. The number of carbonyl (C=O) groups is 1. The van der Waals surface area contributed by atoms with Crippen LogP contribution in [0.15, 0.2) is 80.4 Å². The number of furan rings is 2. The van der Waals surface area contributed by atoms with Crippen molar-refractivity contribution in [1.82, 2.24) is 24.8 Å². The number of hydrogen-bond donors (Lipinski definition) is 0. The van der Waals surface area contributed by atoms with E-state index in [1.54, 1.807) is 37.1 Å². The first-order valence-electron chi connectivity index (χ1n) is 9.60. The van der Waals surface area contributed by atoms with Crippen molar-refractivity contribution in [3.8, 4) is 11.4 Å². The first kappa shape index (κ1) is 19.3. The number of rotatable bonds is 6. The lowest BCUT2D eigenvalue weighted by molar-refractivity contribution is -0.130. The maximum absolute atomic E-state index is 13.1. The smallest absolute Gasteiger partial charge is 0.253 e. The fourth-order valence-corrected chi connectivity index (χ4v) is 4.18. The molecule has 0 N–H and O–H groups in total. The average molecular weight is 434 g/mol. The summed E-state index contributed by atoms with van der Waals surface area (Å²) in [5.41, 5.74) is 1.62. The molecule has 1 amide bonds. The molecule has 1 aliphatic rings. The van der Waals surface area contributed by atoms with Gasteiger partial charge in [-0.3, -0.25) is 9.78 Å². The van der Waals surface area contributed by atoms with Crippen LogP contribution in [0.25, 0.3) is 11.4 Å². The molecule has 0 aromatic carbocycles. The molecule has 1 atom stereocenters. The maximum atomic E-state index is 13.1. The van der Waals surface area contributed by atoms with E-state index in [2.05, 4.69) is 20.3 Å². The van der Waals surface area contributed by atoms with Crippen LogP contribution in [-0.2, 0) is 11.8 Å². The van der Waals surface area contributed by atoms with Gasteiger partial charge in [0.15, 0.2) is 11.0 Å². The van der Waals surface area contributed by atoms with Crippen molar-refractivity contribution in [3.05, 3.63) is 72.8 Å². The van der Waals surface area contributed by atoms with Crippen molar-refractivity contribution >= 4 is 23.4 Å². The first-order valence-corrected chi connectivity index (χ1v) is 10.6. The zero-order chi connectivity index (χ0) is 21.2. The number of carbonyl (C=O) groups excluding carboxylic acids is 1. The molecular formula is C21H18N6O3S. The summed E-state index contributed by atoms with van der Waals surface area (Å²) in [6.07, 6.45) is 7.12. The summed E-state index contributed by atoms with van der Waals surface area (Å²) in [6, 6.07) is 10.7. The van der Waals surface area contributed by atoms with E-state index in [0.717, 1.165) is 5.56 Å². The number of amides is 1. The van der Waals surface area contributed by atoms with Gasteiger partial charge in [-0.25, -0.2) is 5.01 Å². The van der Waals surface area contributed by atoms with Crippen LogP contribution in [0.5, 0.6) is 0 Å². The SMILES string of the molecule is Cn1c(SCC(=O)N2N=C(c3ccco3)C[C@H]2c2ccco2)nnc1-c1ccncc1. The van der Waals surface area contributed by atoms with Crippen molar-refractivity contribution in [2.75, 3.05) is 5.75 Å². The van der Waals surface area contributed by atoms with Crippen LogP contribution < -0.4 is 0 Å². The Bertz CT molecular complexity index is 1200. The summed E-state index contributed by atoms with van der Waals surface area (Å²) >= 11 is 1.31. The van der Waals surface area contributed by atoms with Crippen LogP contribution >= 0.6 is 11.8 Å². The van der Waals surface area contributed by atoms with Crippen molar-refractivity contribution in [2.24, 2.45) is 12.1 Å². The van der Waals surface area contributed by atoms with Crippen LogP contribution in [0.3, 0.4) is 0 Å². The minimum atomic E-state index is -0.310. The van der Waals surface area contributed by atoms with E-state index >= 15 is 0 Å². The van der Waals surface area contributed by atoms with Crippen molar-refractivity contribution in [2.45, 2.75) is 17.6 Å². The van der Waals surface area contributed by atoms with Crippen molar-refractivity contribution < 1.29 is 13.6 Å². The number of nitrogens with zero attached hydrogens (tertiary/aromatic N) is 6. The third-order valence-electron chi connectivity index (χ3n) is 4.94. The summed E-state index contributed by atoms with van der Waals surface area (Å²) in [5.74, 6) is 2.05. The van der Waals surface area contributed by atoms with Gasteiger partial charge in [0.2, 0.25) is 0 Å². The van der Waals surface area contributed by atoms with E-state index in [4.69, 9.17) is 8.83 Å². The lowest BCUT2D eigenvalue weighted by atomic mass is 10.1. The van der Waals surface area contributed by atoms with Crippen LogP contribution in [0, 0.1) is 0 Å². The van der Waals surface area contributed by atoms with E-state index in [9.17, 15) is 4.79 Å². The molecular weight excluding hydrogens is 416 g/mol. The highest BCUT2D eigenvalue weighted by atomic mass is 32.2. The summed E-state index contributed by atoms with van der Waals surface area (Å²) in [7, 11) is 1.87. The number of pyridine rings is 1. The molecule has 0 saturated heterocycles. The lowest BCUT2D eigenvalue weighted by Crippen LogP contribution is -2.28. The Hall–Kier alpha value is -3.66. The van der Waals surface area contributed by atoms with E-state index < -0.39 is 0 Å². The molecule has 9 nitrogen and oxygen atoms in total. The first-order chi connectivity index (χ1) is 15.2. The third kappa shape index (κ3) is 3.77. The molecule has 0 radical (unpaired) electrons. The summed E-state index contributed by atoms with van der Waals surface area (Å²) in [6.45, 7) is 0. The standard InChI is InChI=1S/C21H18N6O3S/c1-26-20(14-6-8-22-9-7-14)23-24-21(26)31-13-19(28)27-16(18-5-3-11-30-18)12-15(25-27)17-4-2-10-29-17/h2-11,16H,12-13H2,1H3/t16-/m0/s1. The molecule has 0 unspecified atom stereocenters. The molecule has 156 valence electrons. The topological polar surface area (TPSA) is 103 Å². The van der Waals surface area contributed by atoms with Crippen LogP contribution in [0.2, 0.25) is 0 Å². The van der Waals surface area contributed by atoms with Gasteiger partial charge in [0.25, 0.3) is 5.91 Å². The lowest BCUT2D eigenvalue weighted by Gasteiger charge is -2.19. The third-order valence-corrected chi connectivity index (χ3v) is 5.95. The van der Waals surface area contributed by atoms with Crippen LogP contribution in [-0.4, -0.2) is 42.1 Å². The molecule has 4 aromatic rings. The maximum Gasteiger partial charge on any atom is 0.253 e. The van der Waals surface area contributed by atoms with Gasteiger partial charge in [0.1, 0.15) is 23.3 Å². The van der Waals surface area contributed by atoms with Gasteiger partial charge >= 0.3 is 0 Å². The monoisotopic (exact) mass is 434 g/mol. The fourth-order valence-electron chi connectivity index (χ4n) is 3.42. The molecule has 0 aliphatic carbocycles. The van der Waals surface area contributed by atoms with Gasteiger partial charge in [0, 0.05) is 31.4 Å². The quantitative estimate of drug-likeness (QED) is 0.428. The Morgan fingerprint density at radius 2 is 1.94 bits per heavy atom. The zero-order valence-corrected chi connectivity index (χ0v) is 17.4. The molecule has 0 spiro atoms. The summed E-state index contributed by atoms with van der Waals surface area (Å²) < 4.78 is 12.9. The Kier molecular flexibility index (Phi) is 5.13. The van der Waals surface area contributed by atoms with Crippen molar-refractivity contribution in [1.29, 1.82) is 0 Å². The molecule has 4 aromatic heterocycles. The molecule has 0 fully saturated rings. The second kappa shape index (κ2) is 8.23. The normalized spacial score (nSPS) is 16.0. The highest BCUT2D eigenvalue weighted by Gasteiger charge is 2.35. The Morgan fingerprint density at radius 3 is 2.68 bits per heavy atom. The molecule has 31 heavy (non-hydrogen) atoms. The van der Waals surface area contributed by atoms with Gasteiger partial charge in [-0.1, -0.05) is 11.8 Å². The average Bonchev–Trinajstić information content (AvgIpc) is 3.59. The van der Waals surface area contributed by atoms with Crippen LogP contribution in [0.1, 0.15) is 24.0 Å². The number of hydrogen-bond acceptors (Lipinski definition) is 8. The van der Waals surface area contributed by atoms with Gasteiger partial charge in [-0.15, -0.1) is 10.2 Å². The van der Waals surface area contributed by atoms with E-state index in [1.165, 1.54) is 16.8 Å². The molecule has 5 heterocycles. The molecule has 5 rings (SSSR count). The minimum Gasteiger partial charge on any atom is -0.467 e. The Labute approximate surface area is 181 Å². The zero-order valence-electron chi connectivity index (χ0n) is 16.6. The predicted octanol–water partition coefficient (Wildman–Crippen LogP) is 3.53. The highest BCUT2D eigenvalue weighted by Crippen LogP contribution is 2.34. The predicted molar refractivity (Wildman–Crippen MR) is 113 cm³/mol. The Balaban J connectivity index is 1.34. The summed E-state index contributed by atoms with van der Waals surface area (Å²) in [4.78, 5) is 17.1. The van der Waals surface area contributed by atoms with E-state index in [0.29, 0.717) is 34.6 Å². The fraction of sp³-hybridized carbons (Fsp3) is 0.190. The van der Waals surface area contributed by atoms with E-state index in [1.807, 2.05) is 35.9 Å². The largest absolute Gasteiger partial charge is 0.467 e. The second-order valence-corrected chi connectivity index (χ2v) is 7.83. The molecule has 0 saturated carbocycles. The highest BCUT2D eigenvalue weighted by molar-refractivity contribution is 7.99. The number of thioether (sulfide) groups is 1. The van der Waals surface area contributed by atoms with Gasteiger partial charge < -0.3 is 13.4 Å². The number of aromatic nitrogens is 4. The molecule has 10 heteroatoms. The van der Waals surface area contributed by atoms with Crippen LogP contribution in [0.4, 0.5) is 0 Å². The minimum absolute atomic E-state index is 0.151. The van der Waals surface area contributed by atoms with E-state index in [-0.39, 0.29) is 17.7 Å². The molecule has 0 bridgehead atoms. The Morgan fingerprint density at radius 1 is 1.13 bits per heavy atom. The van der Waals surface area contributed by atoms with Gasteiger partial charge in [-0.2, -0.15) is 5.10 Å². The van der Waals surface area contributed by atoms with Gasteiger partial charge in [-0.05, 0) is 36.4 Å². The van der Waals surface area contributed by atoms with Gasteiger partial charge in [0.05, 0.1) is 18.3 Å². The second-order valence-electron chi connectivity index (χ2n) is 6.89. The van der Waals surface area contributed by atoms with Crippen molar-refractivity contribution in [3.63, 3.8) is 0 Å². The molecule has 1 aliphatic heterocycles.